The maximum atomic E-state index is 14.0. The molecule has 4 fully saturated rings. The monoisotopic (exact) mass is 854 g/mol. The van der Waals surface area contributed by atoms with Gasteiger partial charge in [-0.2, -0.15) is 0 Å². The van der Waals surface area contributed by atoms with Crippen molar-refractivity contribution >= 4 is 24.0 Å². The number of carbonyl (C=O) groups is 4. The van der Waals surface area contributed by atoms with Crippen LogP contribution < -0.4 is 10.6 Å². The van der Waals surface area contributed by atoms with E-state index in [4.69, 9.17) is 38.4 Å². The Hall–Kier alpha value is -5.82. The second-order valence-electron chi connectivity index (χ2n) is 17.0. The Morgan fingerprint density at radius 2 is 1.13 bits per heavy atom. The van der Waals surface area contributed by atoms with Crippen molar-refractivity contribution in [1.29, 1.82) is 0 Å². The number of ether oxygens (including phenoxy) is 6. The van der Waals surface area contributed by atoms with Gasteiger partial charge in [0.25, 0.3) is 0 Å². The van der Waals surface area contributed by atoms with Gasteiger partial charge in [0.2, 0.25) is 11.8 Å². The Morgan fingerprint density at radius 1 is 0.677 bits per heavy atom. The first-order valence-electron chi connectivity index (χ1n) is 20.9. The Morgan fingerprint density at radius 3 is 1.56 bits per heavy atom. The summed E-state index contributed by atoms with van der Waals surface area (Å²) in [4.78, 5) is 72.0. The number of rotatable bonds is 11. The van der Waals surface area contributed by atoms with E-state index in [1.54, 1.807) is 22.2 Å². The number of aromatic nitrogens is 4. The van der Waals surface area contributed by atoms with Gasteiger partial charge in [-0.15, -0.1) is 0 Å². The summed E-state index contributed by atoms with van der Waals surface area (Å²) in [6, 6.07) is 13.7. The molecule has 4 amide bonds. The molecule has 4 aliphatic rings. The summed E-state index contributed by atoms with van der Waals surface area (Å²) in [5.41, 5.74) is 4.77. The van der Waals surface area contributed by atoms with Crippen molar-refractivity contribution in [2.45, 2.75) is 76.1 Å². The molecule has 2 aromatic carbocycles. The van der Waals surface area contributed by atoms with Gasteiger partial charge in [0.1, 0.15) is 36.1 Å². The molecule has 1 unspecified atom stereocenters. The number of methoxy groups -OCH3 is 2. The smallest absolute Gasteiger partial charge is 0.407 e. The summed E-state index contributed by atoms with van der Waals surface area (Å²) in [5.74, 6) is -0.638. The zero-order valence-corrected chi connectivity index (χ0v) is 35.8. The number of hydrogen-bond acceptors (Lipinski definition) is 12. The van der Waals surface area contributed by atoms with E-state index in [-0.39, 0.29) is 37.0 Å². The molecule has 0 radical (unpaired) electrons. The number of likely N-dealkylation sites (tertiary alicyclic amines) is 2. The molecule has 18 heteroatoms. The van der Waals surface area contributed by atoms with E-state index in [1.807, 2.05) is 76.2 Å². The first-order valence-corrected chi connectivity index (χ1v) is 20.9. The largest absolute Gasteiger partial charge is 0.453 e. The van der Waals surface area contributed by atoms with Gasteiger partial charge < -0.3 is 58.8 Å². The first-order chi connectivity index (χ1) is 29.8. The average molecular weight is 855 g/mol. The van der Waals surface area contributed by atoms with Crippen LogP contribution in [0.1, 0.15) is 64.3 Å². The van der Waals surface area contributed by atoms with E-state index in [2.05, 4.69) is 20.6 Å². The number of alkyl carbamates (subject to hydrolysis) is 2. The first kappa shape index (κ1) is 42.9. The number of nitrogens with zero attached hydrogens (tertiary/aromatic N) is 4. The number of nitrogens with one attached hydrogen (secondary N) is 4. The van der Waals surface area contributed by atoms with Crippen LogP contribution in [0.3, 0.4) is 0 Å². The minimum Gasteiger partial charge on any atom is -0.453 e. The van der Waals surface area contributed by atoms with Gasteiger partial charge >= 0.3 is 12.2 Å². The third-order valence-electron chi connectivity index (χ3n) is 12.2. The summed E-state index contributed by atoms with van der Waals surface area (Å²) in [5, 5.41) is 5.39. The summed E-state index contributed by atoms with van der Waals surface area (Å²) >= 11 is 0. The van der Waals surface area contributed by atoms with Gasteiger partial charge in [0.15, 0.2) is 5.79 Å². The highest BCUT2D eigenvalue weighted by atomic mass is 16.7. The van der Waals surface area contributed by atoms with Crippen molar-refractivity contribution in [3.05, 3.63) is 72.6 Å². The van der Waals surface area contributed by atoms with Crippen LogP contribution in [0.25, 0.3) is 33.6 Å². The molecule has 0 saturated carbocycles. The minimum absolute atomic E-state index is 0.153. The number of hydrogen-bond donors (Lipinski definition) is 4. The molecule has 330 valence electrons. The van der Waals surface area contributed by atoms with Crippen molar-refractivity contribution in [2.75, 3.05) is 53.9 Å². The molecular weight excluding hydrogens is 801 g/mol. The van der Waals surface area contributed by atoms with Crippen LogP contribution in [-0.2, 0) is 38.0 Å². The second-order valence-corrected chi connectivity index (χ2v) is 17.0. The highest BCUT2D eigenvalue weighted by Crippen LogP contribution is 2.44. The number of carbonyl (C=O) groups excluding carboxylic acids is 4. The van der Waals surface area contributed by atoms with Gasteiger partial charge in [-0.1, -0.05) is 76.2 Å². The van der Waals surface area contributed by atoms with Crippen LogP contribution in [0.5, 0.6) is 0 Å². The normalized spacial score (nSPS) is 22.8. The van der Waals surface area contributed by atoms with Crippen molar-refractivity contribution in [3.63, 3.8) is 0 Å². The highest BCUT2D eigenvalue weighted by molar-refractivity contribution is 5.87. The molecule has 18 nitrogen and oxygen atoms in total. The van der Waals surface area contributed by atoms with Crippen LogP contribution in [-0.4, -0.2) is 131 Å². The lowest BCUT2D eigenvalue weighted by Gasteiger charge is -2.30. The third-order valence-corrected chi connectivity index (χ3v) is 12.2. The predicted molar refractivity (Wildman–Crippen MR) is 223 cm³/mol. The summed E-state index contributed by atoms with van der Waals surface area (Å²) < 4.78 is 33.3. The molecular formula is C44H54N8O10. The topological polar surface area (TPSA) is 212 Å². The SMILES string of the molecule is COC(=O)N[C@H](C(=O)N1CC2(COCO2)C[C@H]1c1ncc(-c2ccc(-c3ccc(-c4cnc([C@@H]5CC6(CN5C(=O)[C@@H](NC(=O)OC)C(C)C)OCCO6)[nH]4)cc3)cc2)[nH]1)C(C)C. The predicted octanol–water partition coefficient (Wildman–Crippen LogP) is 4.93. The van der Waals surface area contributed by atoms with E-state index in [0.717, 1.165) is 33.6 Å². The lowest BCUT2D eigenvalue weighted by molar-refractivity contribution is -0.153. The zero-order chi connectivity index (χ0) is 43.8. The number of aromatic amines is 2. The molecule has 4 aromatic rings. The van der Waals surface area contributed by atoms with Gasteiger partial charge in [-0.3, -0.25) is 9.59 Å². The zero-order valence-electron chi connectivity index (χ0n) is 35.8. The minimum atomic E-state index is -0.943. The summed E-state index contributed by atoms with van der Waals surface area (Å²) in [6.07, 6.45) is 3.05. The van der Waals surface area contributed by atoms with Crippen molar-refractivity contribution < 1.29 is 47.6 Å². The highest BCUT2D eigenvalue weighted by Gasteiger charge is 2.54. The van der Waals surface area contributed by atoms with Crippen LogP contribution >= 0.6 is 0 Å². The van der Waals surface area contributed by atoms with Gasteiger partial charge in [-0.05, 0) is 34.1 Å². The lowest BCUT2D eigenvalue weighted by Crippen LogP contribution is -2.52. The summed E-state index contributed by atoms with van der Waals surface area (Å²) in [7, 11) is 2.54. The Kier molecular flexibility index (Phi) is 12.1. The van der Waals surface area contributed by atoms with Crippen LogP contribution in [0.15, 0.2) is 60.9 Å². The molecule has 2 spiro atoms. The van der Waals surface area contributed by atoms with E-state index >= 15 is 0 Å². The van der Waals surface area contributed by atoms with E-state index in [1.165, 1.54) is 14.2 Å². The maximum Gasteiger partial charge on any atom is 0.407 e. The lowest BCUT2D eigenvalue weighted by atomic mass is 10.0. The average Bonchev–Trinajstić information content (AvgIpc) is 4.15. The van der Waals surface area contributed by atoms with E-state index in [9.17, 15) is 19.2 Å². The molecule has 6 heterocycles. The molecule has 8 rings (SSSR count). The number of H-pyrrole nitrogens is 2. The molecule has 4 aliphatic heterocycles. The van der Waals surface area contributed by atoms with Gasteiger partial charge in [0, 0.05) is 12.8 Å². The number of amides is 4. The number of imidazole rings is 2. The van der Waals surface area contributed by atoms with E-state index in [0.29, 0.717) is 50.9 Å². The molecule has 5 atom stereocenters. The summed E-state index contributed by atoms with van der Waals surface area (Å²) in [6.45, 7) is 9.35. The molecule has 4 N–H and O–H groups in total. The maximum absolute atomic E-state index is 14.0. The van der Waals surface area contributed by atoms with Crippen LogP contribution in [0.2, 0.25) is 0 Å². The fraction of sp³-hybridized carbons (Fsp3) is 0.500. The number of benzene rings is 2. The van der Waals surface area contributed by atoms with Crippen LogP contribution in [0, 0.1) is 11.8 Å². The van der Waals surface area contributed by atoms with Gasteiger partial charge in [-0.25, -0.2) is 19.6 Å². The Labute approximate surface area is 359 Å². The van der Waals surface area contributed by atoms with Crippen molar-refractivity contribution in [2.24, 2.45) is 11.8 Å². The molecule has 0 bridgehead atoms. The van der Waals surface area contributed by atoms with Crippen molar-refractivity contribution in [3.8, 4) is 33.6 Å². The van der Waals surface area contributed by atoms with Crippen LogP contribution in [0.4, 0.5) is 9.59 Å². The molecule has 0 aliphatic carbocycles. The fourth-order valence-electron chi connectivity index (χ4n) is 8.84. The van der Waals surface area contributed by atoms with Gasteiger partial charge in [0.05, 0.1) is 83.0 Å². The third kappa shape index (κ3) is 8.51. The Bertz CT molecular complexity index is 2090. The molecule has 4 saturated heterocycles. The molecule has 62 heavy (non-hydrogen) atoms. The second kappa shape index (κ2) is 17.5. The van der Waals surface area contributed by atoms with E-state index < -0.39 is 47.7 Å². The quantitative estimate of drug-likeness (QED) is 0.158. The Balaban J connectivity index is 0.965. The standard InChI is InChI=1S/C44H54N8O10/c1-25(2)35(49-41(55)57-5)39(53)51-21-43(23-59-24-62-43)17-33(51)37-45-19-31(47-37)29-11-7-27(8-12-29)28-9-13-30(14-10-28)32-20-46-38(48-32)34-18-44(60-15-16-61-44)22-52(34)40(54)36(26(3)4)50-42(56)58-6/h7-14,19-20,25-26,33-36H,15-18,21-24H2,1-6H3,(H,45,47)(H,46,48)(H,49,55)(H,50,56)/t33-,34-,35-,36-,43?/m0/s1. The molecule has 2 aromatic heterocycles. The van der Waals surface area contributed by atoms with Crippen molar-refractivity contribution in [1.82, 2.24) is 40.4 Å². The fourth-order valence-corrected chi connectivity index (χ4v) is 8.84.